The van der Waals surface area contributed by atoms with Crippen LogP contribution in [0, 0.1) is 0 Å². The zero-order valence-corrected chi connectivity index (χ0v) is 36.4. The van der Waals surface area contributed by atoms with Crippen LogP contribution in [-0.2, 0) is 9.49 Å². The standard InChI is InChI=1S/C53H46B3N3S2/c1-52(2)48-36-19-21-38-50(48)61-53(3,49-37-20-22-39-51(49)60-52)41-24-23-35-47(40-41)59-55(43-27-11-5-12-28-43)57(45-31-15-7-16-32-45)54(42-25-9-4-10-26-42)58(46-33-17-8-18-34-46)56(59)44-29-13-6-14-30-44/h4-40H,1-3H3. The number of para-hydroxylation sites is 2. The third kappa shape index (κ3) is 7.26. The lowest BCUT2D eigenvalue weighted by molar-refractivity contribution is 0.743. The Hall–Kier alpha value is -5.95. The number of nitrogens with zero attached hydrogens (tertiary/aromatic N) is 3. The van der Waals surface area contributed by atoms with Crippen LogP contribution < -0.4 is 30.6 Å². The molecule has 0 aromatic heterocycles. The van der Waals surface area contributed by atoms with Crippen molar-refractivity contribution < 1.29 is 0 Å². The topological polar surface area (TPSA) is 9.72 Å². The second kappa shape index (κ2) is 16.5. The van der Waals surface area contributed by atoms with Crippen molar-refractivity contribution in [2.45, 2.75) is 40.1 Å². The van der Waals surface area contributed by atoms with E-state index in [-0.39, 0.29) is 25.7 Å². The summed E-state index contributed by atoms with van der Waals surface area (Å²) in [5.74, 6) is 0. The Morgan fingerprint density at radius 3 is 1.18 bits per heavy atom. The van der Waals surface area contributed by atoms with Gasteiger partial charge in [0.25, 0.3) is 0 Å². The van der Waals surface area contributed by atoms with Crippen LogP contribution in [0.4, 0.5) is 17.1 Å². The first-order chi connectivity index (χ1) is 29.9. The molecule has 0 bridgehead atoms. The van der Waals surface area contributed by atoms with Gasteiger partial charge in [-0.3, -0.25) is 0 Å². The summed E-state index contributed by atoms with van der Waals surface area (Å²) in [6.07, 6.45) is 0. The lowest BCUT2D eigenvalue weighted by atomic mass is 9.37. The molecular formula is C53H46B3N3S2. The first-order valence-electron chi connectivity index (χ1n) is 21.2. The summed E-state index contributed by atoms with van der Waals surface area (Å²) in [6.45, 7) is 6.56. The molecule has 2 aliphatic heterocycles. The van der Waals surface area contributed by atoms with Gasteiger partial charge >= 0.3 is 20.9 Å². The van der Waals surface area contributed by atoms with Gasteiger partial charge in [-0.05, 0) is 102 Å². The quantitative estimate of drug-likeness (QED) is 0.148. The van der Waals surface area contributed by atoms with Crippen molar-refractivity contribution in [2.75, 3.05) is 14.2 Å². The number of thioether (sulfide) groups is 2. The van der Waals surface area contributed by atoms with Crippen molar-refractivity contribution in [3.8, 4) is 0 Å². The van der Waals surface area contributed by atoms with Gasteiger partial charge in [0.05, 0.1) is 4.75 Å². The molecule has 1 unspecified atom stereocenters. The van der Waals surface area contributed by atoms with E-state index >= 15 is 0 Å². The summed E-state index contributed by atoms with van der Waals surface area (Å²) in [7, 11) is 0. The van der Waals surface area contributed by atoms with Crippen molar-refractivity contribution in [2.24, 2.45) is 0 Å². The SMILES string of the molecule is CC1(C)Sc2ccccc2C(C)(c2cccc(N3B(c4ccccc4)N(c4ccccc4)B(c4ccccc4)N(c4ccccc4)B3c3ccccc3)c2)Sc2ccccc21. The molecular weight excluding hydrogens is 775 g/mol. The Morgan fingerprint density at radius 1 is 0.344 bits per heavy atom. The lowest BCUT2D eigenvalue weighted by Crippen LogP contribution is -2.86. The number of hydrogen-bond donors (Lipinski definition) is 0. The minimum Gasteiger partial charge on any atom is -0.416 e. The van der Waals surface area contributed by atoms with E-state index in [2.05, 4.69) is 259 Å². The molecule has 0 radical (unpaired) electrons. The van der Waals surface area contributed by atoms with Crippen molar-refractivity contribution >= 4 is 77.9 Å². The van der Waals surface area contributed by atoms with Gasteiger partial charge in [-0.25, -0.2) is 0 Å². The zero-order chi connectivity index (χ0) is 41.4. The van der Waals surface area contributed by atoms with E-state index in [1.165, 1.54) is 42.9 Å². The van der Waals surface area contributed by atoms with Crippen molar-refractivity contribution in [1.82, 2.24) is 0 Å². The van der Waals surface area contributed by atoms with Gasteiger partial charge in [0.1, 0.15) is 0 Å². The normalized spacial score (nSPS) is 17.3. The maximum absolute atomic E-state index is 2.68. The minimum atomic E-state index is -0.405. The van der Waals surface area contributed by atoms with Crippen LogP contribution in [-0.4, -0.2) is 20.9 Å². The molecule has 1 fully saturated rings. The molecule has 8 aromatic carbocycles. The van der Waals surface area contributed by atoms with Gasteiger partial charge in [-0.2, -0.15) is 0 Å². The first kappa shape index (κ1) is 39.2. The second-order valence-electron chi connectivity index (χ2n) is 16.5. The Kier molecular flexibility index (Phi) is 10.6. The third-order valence-corrected chi connectivity index (χ3v) is 15.0. The molecule has 0 aliphatic carbocycles. The molecule has 8 heteroatoms. The van der Waals surface area contributed by atoms with Gasteiger partial charge in [-0.15, -0.1) is 23.5 Å². The van der Waals surface area contributed by atoms with Crippen molar-refractivity contribution in [3.05, 3.63) is 241 Å². The Balaban J connectivity index is 1.26. The van der Waals surface area contributed by atoms with E-state index in [1.54, 1.807) is 0 Å². The van der Waals surface area contributed by atoms with Gasteiger partial charge < -0.3 is 14.2 Å². The van der Waals surface area contributed by atoms with E-state index in [4.69, 9.17) is 0 Å². The van der Waals surface area contributed by atoms with Crippen LogP contribution in [0.2, 0.25) is 0 Å². The average Bonchev–Trinajstić information content (AvgIpc) is 3.32. The number of benzene rings is 8. The molecule has 0 amide bonds. The number of hydrogen-bond acceptors (Lipinski definition) is 5. The predicted molar refractivity (Wildman–Crippen MR) is 266 cm³/mol. The fourth-order valence-electron chi connectivity index (χ4n) is 9.48. The van der Waals surface area contributed by atoms with E-state index in [1.807, 2.05) is 23.5 Å². The Bertz CT molecular complexity index is 2650. The van der Waals surface area contributed by atoms with Gasteiger partial charge in [0.15, 0.2) is 0 Å². The van der Waals surface area contributed by atoms with Crippen LogP contribution in [0.1, 0.15) is 37.5 Å². The highest BCUT2D eigenvalue weighted by Gasteiger charge is 2.56. The van der Waals surface area contributed by atoms with Gasteiger partial charge in [-0.1, -0.05) is 176 Å². The van der Waals surface area contributed by atoms with Crippen molar-refractivity contribution in [1.29, 1.82) is 0 Å². The van der Waals surface area contributed by atoms with Crippen LogP contribution in [0.3, 0.4) is 0 Å². The smallest absolute Gasteiger partial charge is 0.388 e. The summed E-state index contributed by atoms with van der Waals surface area (Å²) in [5, 5.41) is 0. The summed E-state index contributed by atoms with van der Waals surface area (Å²) in [5.41, 5.74) is 11.1. The largest absolute Gasteiger partial charge is 0.416 e. The summed E-state index contributed by atoms with van der Waals surface area (Å²) >= 11 is 3.95. The molecule has 0 spiro atoms. The fraction of sp³-hybridized carbons (Fsp3) is 0.0943. The monoisotopic (exact) mass is 821 g/mol. The highest BCUT2D eigenvalue weighted by Crippen LogP contribution is 2.57. The molecule has 1 saturated heterocycles. The summed E-state index contributed by atoms with van der Waals surface area (Å²) in [4.78, 5) is 2.64. The molecule has 0 N–H and O–H groups in total. The fourth-order valence-corrected chi connectivity index (χ4v) is 12.5. The van der Waals surface area contributed by atoms with E-state index in [0.29, 0.717) is 0 Å². The second-order valence-corrected chi connectivity index (χ2v) is 19.7. The van der Waals surface area contributed by atoms with E-state index in [9.17, 15) is 0 Å². The van der Waals surface area contributed by atoms with E-state index in [0.717, 1.165) is 17.1 Å². The molecule has 10 rings (SSSR count). The highest BCUT2D eigenvalue weighted by atomic mass is 32.2. The molecule has 1 atom stereocenters. The summed E-state index contributed by atoms with van der Waals surface area (Å²) in [6, 6.07) is 82.8. The Morgan fingerprint density at radius 2 is 0.705 bits per heavy atom. The molecule has 8 aromatic rings. The zero-order valence-electron chi connectivity index (χ0n) is 34.8. The highest BCUT2D eigenvalue weighted by molar-refractivity contribution is 8.02. The maximum Gasteiger partial charge on any atom is 0.388 e. The van der Waals surface area contributed by atoms with Crippen LogP contribution >= 0.6 is 23.5 Å². The van der Waals surface area contributed by atoms with Crippen LogP contribution in [0.25, 0.3) is 0 Å². The molecule has 0 saturated carbocycles. The third-order valence-electron chi connectivity index (χ3n) is 12.3. The van der Waals surface area contributed by atoms with Gasteiger partial charge in [0.2, 0.25) is 0 Å². The number of fused-ring (bicyclic) bond motifs is 2. The molecule has 2 aliphatic rings. The number of anilines is 3. The van der Waals surface area contributed by atoms with Crippen LogP contribution in [0.15, 0.2) is 234 Å². The molecule has 61 heavy (non-hydrogen) atoms. The Labute approximate surface area is 371 Å². The minimum absolute atomic E-state index is 0.0976. The predicted octanol–water partition coefficient (Wildman–Crippen LogP) is 11.1. The van der Waals surface area contributed by atoms with Gasteiger partial charge in [0, 0.05) is 31.6 Å². The first-order valence-corrected chi connectivity index (χ1v) is 22.8. The van der Waals surface area contributed by atoms with Crippen molar-refractivity contribution in [3.63, 3.8) is 0 Å². The molecule has 294 valence electrons. The molecule has 3 nitrogen and oxygen atoms in total. The molecule has 2 heterocycles. The van der Waals surface area contributed by atoms with Crippen LogP contribution in [0.5, 0.6) is 0 Å². The average molecular weight is 822 g/mol. The lowest BCUT2D eigenvalue weighted by Gasteiger charge is -2.57. The summed E-state index contributed by atoms with van der Waals surface area (Å²) < 4.78 is 7.46. The number of rotatable bonds is 7. The maximum atomic E-state index is 2.68. The van der Waals surface area contributed by atoms with E-state index < -0.39 is 4.75 Å².